The molecule has 0 amide bonds. The Morgan fingerprint density at radius 1 is 1.33 bits per heavy atom. The minimum Gasteiger partial charge on any atom is -0.465 e. The quantitative estimate of drug-likeness (QED) is 0.711. The molecule has 1 N–H and O–H groups in total. The lowest BCUT2D eigenvalue weighted by Crippen LogP contribution is -2.33. The maximum absolute atomic E-state index is 11.9. The number of unbranched alkanes of at least 4 members (excludes halogenated alkanes) is 1. The highest BCUT2D eigenvalue weighted by Crippen LogP contribution is 2.26. The lowest BCUT2D eigenvalue weighted by Gasteiger charge is -2.26. The summed E-state index contributed by atoms with van der Waals surface area (Å²) in [6, 6.07) is 0. The van der Waals surface area contributed by atoms with E-state index in [1.807, 2.05) is 0 Å². The molecule has 3 unspecified atom stereocenters. The second-order valence-corrected chi connectivity index (χ2v) is 5.50. The molecule has 1 rings (SSSR count). The Morgan fingerprint density at radius 2 is 2.06 bits per heavy atom. The summed E-state index contributed by atoms with van der Waals surface area (Å²) in [5, 5.41) is 9.80. The molecule has 0 aliphatic heterocycles. The molecule has 0 heterocycles. The first-order valence-electron chi connectivity index (χ1n) is 7.53. The van der Waals surface area contributed by atoms with Crippen molar-refractivity contribution in [2.75, 3.05) is 6.61 Å². The second kappa shape index (κ2) is 8.52. The molecule has 3 heteroatoms. The van der Waals surface area contributed by atoms with E-state index in [4.69, 9.17) is 4.74 Å². The van der Waals surface area contributed by atoms with Crippen molar-refractivity contribution < 1.29 is 14.6 Å². The van der Waals surface area contributed by atoms with Crippen LogP contribution in [0.25, 0.3) is 0 Å². The van der Waals surface area contributed by atoms with Crippen molar-refractivity contribution in [3.63, 3.8) is 0 Å². The fourth-order valence-electron chi connectivity index (χ4n) is 2.59. The van der Waals surface area contributed by atoms with Gasteiger partial charge in [-0.3, -0.25) is 4.79 Å². The zero-order valence-corrected chi connectivity index (χ0v) is 11.9. The topological polar surface area (TPSA) is 46.5 Å². The smallest absolute Gasteiger partial charge is 0.311 e. The van der Waals surface area contributed by atoms with E-state index in [0.717, 1.165) is 38.5 Å². The summed E-state index contributed by atoms with van der Waals surface area (Å²) in [7, 11) is 0. The molecule has 0 aromatic heterocycles. The van der Waals surface area contributed by atoms with Gasteiger partial charge >= 0.3 is 5.97 Å². The van der Waals surface area contributed by atoms with Gasteiger partial charge in [-0.15, -0.1) is 0 Å². The molecular formula is C15H28O3. The van der Waals surface area contributed by atoms with Crippen molar-refractivity contribution in [1.29, 1.82) is 0 Å². The number of esters is 1. The molecule has 106 valence electrons. The van der Waals surface area contributed by atoms with Crippen molar-refractivity contribution in [2.24, 2.45) is 11.8 Å². The number of aliphatic hydroxyl groups is 1. The van der Waals surface area contributed by atoms with Crippen LogP contribution in [0.15, 0.2) is 0 Å². The van der Waals surface area contributed by atoms with Crippen LogP contribution in [0.3, 0.4) is 0 Å². The van der Waals surface area contributed by atoms with Crippen molar-refractivity contribution in [3.05, 3.63) is 0 Å². The summed E-state index contributed by atoms with van der Waals surface area (Å²) >= 11 is 0. The lowest BCUT2D eigenvalue weighted by molar-refractivity contribution is -0.155. The monoisotopic (exact) mass is 256 g/mol. The zero-order valence-electron chi connectivity index (χ0n) is 11.9. The van der Waals surface area contributed by atoms with Gasteiger partial charge in [-0.25, -0.2) is 0 Å². The van der Waals surface area contributed by atoms with E-state index in [-0.39, 0.29) is 11.9 Å². The molecule has 1 saturated carbocycles. The number of carbonyl (C=O) groups is 1. The Labute approximate surface area is 111 Å². The Morgan fingerprint density at radius 3 is 2.67 bits per heavy atom. The third kappa shape index (κ3) is 4.97. The van der Waals surface area contributed by atoms with Crippen molar-refractivity contribution in [3.8, 4) is 0 Å². The number of aliphatic hydroxyl groups excluding tert-OH is 1. The maximum atomic E-state index is 11.9. The van der Waals surface area contributed by atoms with E-state index in [1.165, 1.54) is 12.8 Å². The molecule has 0 spiro atoms. The van der Waals surface area contributed by atoms with Crippen LogP contribution in [0.2, 0.25) is 0 Å². The number of hydrogen-bond donors (Lipinski definition) is 1. The molecule has 3 atom stereocenters. The largest absolute Gasteiger partial charge is 0.465 e. The van der Waals surface area contributed by atoms with E-state index in [1.54, 1.807) is 0 Å². The van der Waals surface area contributed by atoms with Crippen molar-refractivity contribution in [2.45, 2.75) is 71.3 Å². The average molecular weight is 256 g/mol. The van der Waals surface area contributed by atoms with E-state index < -0.39 is 6.10 Å². The SMILES string of the molecule is CCCCC(CC)COC(=O)C1CCCCC1O. The van der Waals surface area contributed by atoms with Gasteiger partial charge in [0, 0.05) is 0 Å². The fraction of sp³-hybridized carbons (Fsp3) is 0.933. The third-order valence-corrected chi connectivity index (χ3v) is 4.04. The third-order valence-electron chi connectivity index (χ3n) is 4.04. The molecule has 0 aromatic rings. The van der Waals surface area contributed by atoms with Gasteiger partial charge in [0.05, 0.1) is 18.6 Å². The van der Waals surface area contributed by atoms with Crippen LogP contribution < -0.4 is 0 Å². The second-order valence-electron chi connectivity index (χ2n) is 5.50. The van der Waals surface area contributed by atoms with Gasteiger partial charge in [-0.2, -0.15) is 0 Å². The van der Waals surface area contributed by atoms with Gasteiger partial charge in [0.25, 0.3) is 0 Å². The van der Waals surface area contributed by atoms with Crippen LogP contribution in [-0.2, 0) is 9.53 Å². The number of hydrogen-bond acceptors (Lipinski definition) is 3. The van der Waals surface area contributed by atoms with Gasteiger partial charge in [0.2, 0.25) is 0 Å². The minimum atomic E-state index is -0.484. The van der Waals surface area contributed by atoms with Crippen molar-refractivity contribution >= 4 is 5.97 Å². The molecule has 3 nitrogen and oxygen atoms in total. The van der Waals surface area contributed by atoms with Crippen LogP contribution in [0.4, 0.5) is 0 Å². The minimum absolute atomic E-state index is 0.183. The van der Waals surface area contributed by atoms with Crippen LogP contribution >= 0.6 is 0 Å². The summed E-state index contributed by atoms with van der Waals surface area (Å²) in [6.45, 7) is 4.85. The lowest BCUT2D eigenvalue weighted by atomic mass is 9.86. The van der Waals surface area contributed by atoms with Crippen LogP contribution in [-0.4, -0.2) is 23.8 Å². The van der Waals surface area contributed by atoms with Gasteiger partial charge in [0.1, 0.15) is 0 Å². The Bertz CT molecular complexity index is 240. The first-order chi connectivity index (χ1) is 8.69. The molecule has 0 aromatic carbocycles. The summed E-state index contributed by atoms with van der Waals surface area (Å²) in [5.74, 6) is 0.0224. The van der Waals surface area contributed by atoms with Crippen LogP contribution in [0, 0.1) is 11.8 Å². The van der Waals surface area contributed by atoms with Gasteiger partial charge in [-0.1, -0.05) is 46.0 Å². The molecule has 0 saturated heterocycles. The predicted octanol–water partition coefficient (Wildman–Crippen LogP) is 3.30. The first kappa shape index (κ1) is 15.5. The number of rotatable bonds is 7. The summed E-state index contributed by atoms with van der Waals surface area (Å²) in [6.07, 6.45) is 7.67. The van der Waals surface area contributed by atoms with E-state index in [9.17, 15) is 9.90 Å². The normalized spacial score (nSPS) is 25.7. The number of carbonyl (C=O) groups excluding carboxylic acids is 1. The van der Waals surface area contributed by atoms with E-state index in [0.29, 0.717) is 12.5 Å². The molecule has 1 aliphatic carbocycles. The van der Waals surface area contributed by atoms with E-state index >= 15 is 0 Å². The standard InChI is InChI=1S/C15H28O3/c1-3-5-8-12(4-2)11-18-15(17)13-9-6-7-10-14(13)16/h12-14,16H,3-11H2,1-2H3. The summed E-state index contributed by atoms with van der Waals surface area (Å²) < 4.78 is 5.40. The summed E-state index contributed by atoms with van der Waals surface area (Å²) in [5.41, 5.74) is 0. The van der Waals surface area contributed by atoms with Crippen molar-refractivity contribution in [1.82, 2.24) is 0 Å². The average Bonchev–Trinajstić information content (AvgIpc) is 2.39. The van der Waals surface area contributed by atoms with Crippen LogP contribution in [0.1, 0.15) is 65.2 Å². The maximum Gasteiger partial charge on any atom is 0.311 e. The summed E-state index contributed by atoms with van der Waals surface area (Å²) in [4.78, 5) is 11.9. The van der Waals surface area contributed by atoms with Gasteiger partial charge < -0.3 is 9.84 Å². The zero-order chi connectivity index (χ0) is 13.4. The molecule has 0 bridgehead atoms. The van der Waals surface area contributed by atoms with Crippen LogP contribution in [0.5, 0.6) is 0 Å². The highest BCUT2D eigenvalue weighted by atomic mass is 16.5. The molecule has 1 aliphatic rings. The van der Waals surface area contributed by atoms with E-state index in [2.05, 4.69) is 13.8 Å². The Kier molecular flexibility index (Phi) is 7.33. The molecule has 1 fully saturated rings. The predicted molar refractivity (Wildman–Crippen MR) is 72.2 cm³/mol. The highest BCUT2D eigenvalue weighted by molar-refractivity contribution is 5.73. The Hall–Kier alpha value is -0.570. The van der Waals surface area contributed by atoms with Gasteiger partial charge in [-0.05, 0) is 25.2 Å². The highest BCUT2D eigenvalue weighted by Gasteiger charge is 2.30. The Balaban J connectivity index is 2.29. The van der Waals surface area contributed by atoms with Gasteiger partial charge in [0.15, 0.2) is 0 Å². The molecular weight excluding hydrogens is 228 g/mol. The fourth-order valence-corrected chi connectivity index (χ4v) is 2.59. The molecule has 0 radical (unpaired) electrons. The first-order valence-corrected chi connectivity index (χ1v) is 7.53. The number of ether oxygens (including phenoxy) is 1. The molecule has 18 heavy (non-hydrogen) atoms.